The van der Waals surface area contributed by atoms with Gasteiger partial charge in [-0.25, -0.2) is 0 Å². The quantitative estimate of drug-likeness (QED) is 0.0979. The van der Waals surface area contributed by atoms with Crippen LogP contribution >= 0.6 is 0 Å². The van der Waals surface area contributed by atoms with Crippen LogP contribution in [0.25, 0.3) is 0 Å². The molecule has 0 atom stereocenters. The van der Waals surface area contributed by atoms with E-state index in [2.05, 4.69) is 32.0 Å². The molecule has 1 aliphatic rings. The molecule has 4 nitrogen and oxygen atoms in total. The lowest BCUT2D eigenvalue weighted by Crippen LogP contribution is -2.25. The standard InChI is InChI=1S/C22H38O4Si/c1-6-8-10-13-19(18-22(24-7-2)26-27(3,4)5)16-17-21(23)25-20-14-11-9-12-15-20/h6,20H,1,7-17H2,2-5H3. The van der Waals surface area contributed by atoms with Gasteiger partial charge in [-0.15, -0.1) is 6.58 Å². The van der Waals surface area contributed by atoms with Crippen LogP contribution in [0.4, 0.5) is 0 Å². The first-order chi connectivity index (χ1) is 12.8. The Morgan fingerprint density at radius 1 is 1.15 bits per heavy atom. The molecule has 0 heterocycles. The Bertz CT molecular complexity index is 521. The first-order valence-electron chi connectivity index (χ1n) is 10.4. The number of ether oxygens (including phenoxy) is 2. The Kier molecular flexibility index (Phi) is 11.2. The summed E-state index contributed by atoms with van der Waals surface area (Å²) in [5.41, 5.74) is 4.37. The highest BCUT2D eigenvalue weighted by Crippen LogP contribution is 2.22. The van der Waals surface area contributed by atoms with Crippen LogP contribution < -0.4 is 0 Å². The molecule has 0 N–H and O–H groups in total. The number of rotatable bonds is 12. The molecule has 27 heavy (non-hydrogen) atoms. The number of allylic oxidation sites excluding steroid dienone is 2. The molecule has 0 unspecified atom stereocenters. The minimum atomic E-state index is -1.78. The molecule has 0 spiro atoms. The average molecular weight is 395 g/mol. The Labute approximate surface area is 166 Å². The third-order valence-corrected chi connectivity index (χ3v) is 5.12. The highest BCUT2D eigenvalue weighted by molar-refractivity contribution is 6.69. The Morgan fingerprint density at radius 3 is 2.44 bits per heavy atom. The fraction of sp³-hybridized carbons (Fsp3) is 0.727. The van der Waals surface area contributed by atoms with Crippen molar-refractivity contribution in [1.29, 1.82) is 0 Å². The van der Waals surface area contributed by atoms with Crippen LogP contribution in [0.15, 0.2) is 29.9 Å². The van der Waals surface area contributed by atoms with Gasteiger partial charge in [0.2, 0.25) is 8.32 Å². The molecule has 5 heteroatoms. The van der Waals surface area contributed by atoms with E-state index in [4.69, 9.17) is 13.9 Å². The number of carbonyl (C=O) groups excluding carboxylic acids is 1. The van der Waals surface area contributed by atoms with Crippen molar-refractivity contribution in [3.8, 4) is 0 Å². The summed E-state index contributed by atoms with van der Waals surface area (Å²) in [4.78, 5) is 12.2. The van der Waals surface area contributed by atoms with Crippen molar-refractivity contribution in [2.24, 2.45) is 0 Å². The van der Waals surface area contributed by atoms with Crippen LogP contribution in [-0.4, -0.2) is 27.0 Å². The van der Waals surface area contributed by atoms with E-state index in [-0.39, 0.29) is 12.1 Å². The van der Waals surface area contributed by atoms with Gasteiger partial charge in [0.15, 0.2) is 0 Å². The lowest BCUT2D eigenvalue weighted by atomic mass is 9.98. The van der Waals surface area contributed by atoms with Gasteiger partial charge in [-0.3, -0.25) is 4.79 Å². The van der Waals surface area contributed by atoms with Crippen LogP contribution in [0, 0.1) is 0 Å². The zero-order chi connectivity index (χ0) is 20.1. The molecule has 154 valence electrons. The normalized spacial score (nSPS) is 14.8. The summed E-state index contributed by atoms with van der Waals surface area (Å²) in [6.07, 6.45) is 11.4. The van der Waals surface area contributed by atoms with Gasteiger partial charge in [-0.1, -0.05) is 12.5 Å². The summed E-state index contributed by atoms with van der Waals surface area (Å²) in [5.74, 6) is 0.361. The Balaban J connectivity index is 2.76. The SMILES string of the molecule is C=CCCCC(=C=C(OCC)O[Si](C)(C)C)CCC(=O)OC1CCCCC1. The van der Waals surface area contributed by atoms with Crippen LogP contribution in [0.1, 0.15) is 71.1 Å². The van der Waals surface area contributed by atoms with Gasteiger partial charge < -0.3 is 13.9 Å². The van der Waals surface area contributed by atoms with E-state index in [1.807, 2.05) is 13.0 Å². The van der Waals surface area contributed by atoms with Crippen molar-refractivity contribution in [1.82, 2.24) is 0 Å². The molecule has 0 aromatic carbocycles. The second-order valence-electron chi connectivity index (χ2n) is 8.09. The molecule has 0 aromatic rings. The van der Waals surface area contributed by atoms with Gasteiger partial charge in [0, 0.05) is 6.42 Å². The van der Waals surface area contributed by atoms with Crippen molar-refractivity contribution >= 4 is 14.3 Å². The van der Waals surface area contributed by atoms with Crippen molar-refractivity contribution in [2.45, 2.75) is 96.9 Å². The van der Waals surface area contributed by atoms with E-state index in [9.17, 15) is 4.79 Å². The van der Waals surface area contributed by atoms with Crippen LogP contribution in [0.5, 0.6) is 0 Å². The van der Waals surface area contributed by atoms with E-state index >= 15 is 0 Å². The summed E-state index contributed by atoms with van der Waals surface area (Å²) < 4.78 is 17.3. The molecule has 0 saturated heterocycles. The highest BCUT2D eigenvalue weighted by atomic mass is 28.4. The topological polar surface area (TPSA) is 44.8 Å². The zero-order valence-electron chi connectivity index (χ0n) is 17.8. The molecule has 0 aliphatic heterocycles. The lowest BCUT2D eigenvalue weighted by Gasteiger charge is -2.22. The van der Waals surface area contributed by atoms with Gasteiger partial charge in [-0.05, 0) is 89.2 Å². The molecule has 0 amide bonds. The van der Waals surface area contributed by atoms with E-state index in [0.717, 1.165) is 37.7 Å². The van der Waals surface area contributed by atoms with Gasteiger partial charge in [0.1, 0.15) is 6.10 Å². The third-order valence-electron chi connectivity index (χ3n) is 4.32. The number of esters is 1. The number of carbonyl (C=O) groups is 1. The molecule has 0 radical (unpaired) electrons. The lowest BCUT2D eigenvalue weighted by molar-refractivity contribution is -0.150. The highest BCUT2D eigenvalue weighted by Gasteiger charge is 2.20. The van der Waals surface area contributed by atoms with E-state index < -0.39 is 8.32 Å². The molecule has 1 rings (SSSR count). The third kappa shape index (κ3) is 11.8. The summed E-state index contributed by atoms with van der Waals surface area (Å²) in [6.45, 7) is 12.6. The van der Waals surface area contributed by atoms with Crippen molar-refractivity contribution in [2.75, 3.05) is 6.61 Å². The maximum Gasteiger partial charge on any atom is 0.313 e. The predicted molar refractivity (Wildman–Crippen MR) is 113 cm³/mol. The fourth-order valence-corrected chi connectivity index (χ4v) is 3.70. The van der Waals surface area contributed by atoms with Gasteiger partial charge in [0.25, 0.3) is 0 Å². The summed E-state index contributed by atoms with van der Waals surface area (Å²) >= 11 is 0. The Hall–Kier alpha value is -1.45. The molecule has 1 aliphatic carbocycles. The minimum absolute atomic E-state index is 0.103. The fourth-order valence-electron chi connectivity index (χ4n) is 3.04. The van der Waals surface area contributed by atoms with Crippen molar-refractivity contribution in [3.05, 3.63) is 29.9 Å². The molecule has 1 fully saturated rings. The molecular weight excluding hydrogens is 356 g/mol. The average Bonchev–Trinajstić information content (AvgIpc) is 2.59. The van der Waals surface area contributed by atoms with Crippen molar-refractivity contribution < 1.29 is 18.7 Å². The van der Waals surface area contributed by atoms with Crippen molar-refractivity contribution in [3.63, 3.8) is 0 Å². The first-order valence-corrected chi connectivity index (χ1v) is 13.9. The van der Waals surface area contributed by atoms with E-state index in [0.29, 0.717) is 25.4 Å². The maximum absolute atomic E-state index is 12.2. The predicted octanol–water partition coefficient (Wildman–Crippen LogP) is 6.25. The monoisotopic (exact) mass is 394 g/mol. The second kappa shape index (κ2) is 12.8. The Morgan fingerprint density at radius 2 is 1.85 bits per heavy atom. The van der Waals surface area contributed by atoms with Gasteiger partial charge in [0.05, 0.1) is 6.61 Å². The van der Waals surface area contributed by atoms with E-state index in [1.54, 1.807) is 0 Å². The van der Waals surface area contributed by atoms with E-state index in [1.165, 1.54) is 19.3 Å². The molecule has 1 saturated carbocycles. The first kappa shape index (κ1) is 23.6. The molecule has 0 bridgehead atoms. The maximum atomic E-state index is 12.2. The smallest absolute Gasteiger partial charge is 0.313 e. The summed E-state index contributed by atoms with van der Waals surface area (Å²) in [6, 6.07) is 0. The van der Waals surface area contributed by atoms with Gasteiger partial charge >= 0.3 is 11.9 Å². The number of hydrogen-bond donors (Lipinski definition) is 0. The van der Waals surface area contributed by atoms with Gasteiger partial charge in [-0.2, -0.15) is 0 Å². The number of unbranched alkanes of at least 4 members (excludes halogenated alkanes) is 1. The second-order valence-corrected chi connectivity index (χ2v) is 12.5. The van der Waals surface area contributed by atoms with Crippen LogP contribution in [0.3, 0.4) is 0 Å². The molecule has 0 aromatic heterocycles. The summed E-state index contributed by atoms with van der Waals surface area (Å²) in [7, 11) is -1.78. The zero-order valence-corrected chi connectivity index (χ0v) is 18.8. The summed E-state index contributed by atoms with van der Waals surface area (Å²) in [5, 5.41) is 0. The number of hydrogen-bond acceptors (Lipinski definition) is 4. The van der Waals surface area contributed by atoms with Crippen LogP contribution in [0.2, 0.25) is 19.6 Å². The molecular formula is C22H38O4Si. The largest absolute Gasteiger partial charge is 0.514 e. The van der Waals surface area contributed by atoms with Crippen LogP contribution in [-0.2, 0) is 18.7 Å². The minimum Gasteiger partial charge on any atom is -0.514 e.